The van der Waals surface area contributed by atoms with Gasteiger partial charge in [0.15, 0.2) is 11.3 Å². The van der Waals surface area contributed by atoms with Gasteiger partial charge in [-0.1, -0.05) is 29.4 Å². The van der Waals surface area contributed by atoms with Gasteiger partial charge in [-0.3, -0.25) is 0 Å². The van der Waals surface area contributed by atoms with Crippen LogP contribution in [0.15, 0.2) is 51.6 Å². The van der Waals surface area contributed by atoms with E-state index >= 15 is 0 Å². The zero-order chi connectivity index (χ0) is 18.4. The van der Waals surface area contributed by atoms with Crippen LogP contribution in [-0.4, -0.2) is 11.8 Å². The van der Waals surface area contributed by atoms with Crippen molar-refractivity contribution in [3.05, 3.63) is 59.5 Å². The number of hydrogen-bond acceptors (Lipinski definition) is 5. The first-order valence-electron chi connectivity index (χ1n) is 9.16. The Balaban J connectivity index is 1.81. The van der Waals surface area contributed by atoms with Gasteiger partial charge in [0.25, 0.3) is 0 Å². The van der Waals surface area contributed by atoms with Crippen LogP contribution >= 0.6 is 0 Å². The van der Waals surface area contributed by atoms with E-state index in [-0.39, 0.29) is 0 Å². The van der Waals surface area contributed by atoms with Gasteiger partial charge < -0.3 is 13.7 Å². The van der Waals surface area contributed by atoms with Crippen LogP contribution < -0.4 is 4.74 Å². The largest absolute Gasteiger partial charge is 0.490 e. The van der Waals surface area contributed by atoms with Crippen molar-refractivity contribution in [2.45, 2.75) is 31.6 Å². The number of nitrogens with zero attached hydrogens (tertiary/aromatic N) is 2. The second-order valence-electron chi connectivity index (χ2n) is 7.00. The molecule has 0 fully saturated rings. The molecule has 1 aliphatic carbocycles. The summed E-state index contributed by atoms with van der Waals surface area (Å²) in [6.07, 6.45) is 3.68. The molecule has 2 aromatic carbocycles. The number of rotatable bonds is 3. The molecule has 2 heterocycles. The Labute approximate surface area is 156 Å². The molecule has 0 radical (unpaired) electrons. The lowest BCUT2D eigenvalue weighted by Crippen LogP contribution is -2.31. The van der Waals surface area contributed by atoms with Crippen molar-refractivity contribution in [1.29, 1.82) is 5.26 Å². The Bertz CT molecular complexity index is 1200. The monoisotopic (exact) mass is 358 g/mol. The maximum atomic E-state index is 10.2. The quantitative estimate of drug-likeness (QED) is 0.519. The third-order valence-electron chi connectivity index (χ3n) is 5.53. The first-order valence-corrected chi connectivity index (χ1v) is 9.16. The SMILES string of the molecule is CCOc1ccc(C2(C#N)CCc3nocc3C2)c2c1oc1ccccc12. The summed E-state index contributed by atoms with van der Waals surface area (Å²) in [5.74, 6) is 0.710. The number of para-hydroxylation sites is 1. The highest BCUT2D eigenvalue weighted by atomic mass is 16.5. The van der Waals surface area contributed by atoms with Crippen LogP contribution in [0.4, 0.5) is 0 Å². The molecule has 1 unspecified atom stereocenters. The lowest BCUT2D eigenvalue weighted by Gasteiger charge is -2.31. The number of aryl methyl sites for hydroxylation is 1. The summed E-state index contributed by atoms with van der Waals surface area (Å²) in [5, 5.41) is 16.3. The minimum atomic E-state index is -0.645. The highest BCUT2D eigenvalue weighted by molar-refractivity contribution is 6.09. The van der Waals surface area contributed by atoms with Gasteiger partial charge in [-0.25, -0.2) is 0 Å². The van der Waals surface area contributed by atoms with Crippen LogP contribution in [0, 0.1) is 11.3 Å². The van der Waals surface area contributed by atoms with Gasteiger partial charge in [0.05, 0.1) is 23.8 Å². The van der Waals surface area contributed by atoms with Crippen LogP contribution in [0.1, 0.15) is 30.2 Å². The Morgan fingerprint density at radius 2 is 2.15 bits per heavy atom. The van der Waals surface area contributed by atoms with E-state index in [0.29, 0.717) is 30.8 Å². The Morgan fingerprint density at radius 3 is 3.00 bits per heavy atom. The molecule has 0 spiro atoms. The minimum Gasteiger partial charge on any atom is -0.490 e. The topological polar surface area (TPSA) is 72.2 Å². The summed E-state index contributed by atoms with van der Waals surface area (Å²) in [4.78, 5) is 0. The summed E-state index contributed by atoms with van der Waals surface area (Å²) >= 11 is 0. The van der Waals surface area contributed by atoms with Crippen molar-refractivity contribution in [2.75, 3.05) is 6.61 Å². The minimum absolute atomic E-state index is 0.554. The van der Waals surface area contributed by atoms with Gasteiger partial charge in [0.2, 0.25) is 0 Å². The highest BCUT2D eigenvalue weighted by Gasteiger charge is 2.40. The highest BCUT2D eigenvalue weighted by Crippen LogP contribution is 2.45. The number of fused-ring (bicyclic) bond motifs is 4. The molecule has 0 N–H and O–H groups in total. The van der Waals surface area contributed by atoms with E-state index in [1.54, 1.807) is 6.26 Å². The molecular formula is C22H18N2O3. The fourth-order valence-corrected chi connectivity index (χ4v) is 4.23. The molecular weight excluding hydrogens is 340 g/mol. The van der Waals surface area contributed by atoms with Crippen molar-refractivity contribution < 1.29 is 13.7 Å². The van der Waals surface area contributed by atoms with E-state index < -0.39 is 5.41 Å². The molecule has 0 saturated carbocycles. The standard InChI is InChI=1S/C22H18N2O3/c1-2-25-19-8-7-16(20-15-5-3-4-6-18(15)27-21(19)20)22(13-23)10-9-17-14(11-22)12-26-24-17/h3-8,12H,2,9-11H2,1H3. The van der Waals surface area contributed by atoms with Gasteiger partial charge in [-0.15, -0.1) is 0 Å². The fraction of sp³-hybridized carbons (Fsp3) is 0.273. The predicted octanol–water partition coefficient (Wildman–Crippen LogP) is 4.92. The first-order chi connectivity index (χ1) is 13.3. The molecule has 4 aromatic rings. The second-order valence-corrected chi connectivity index (χ2v) is 7.00. The zero-order valence-electron chi connectivity index (χ0n) is 15.0. The van der Waals surface area contributed by atoms with E-state index in [1.807, 2.05) is 43.3 Å². The number of aromatic nitrogens is 1. The van der Waals surface area contributed by atoms with Gasteiger partial charge in [-0.2, -0.15) is 5.26 Å². The second kappa shape index (κ2) is 5.88. The fourth-order valence-electron chi connectivity index (χ4n) is 4.23. The van der Waals surface area contributed by atoms with Crippen LogP contribution in [0.5, 0.6) is 5.75 Å². The van der Waals surface area contributed by atoms with Gasteiger partial charge in [-0.05, 0) is 37.5 Å². The molecule has 1 aliphatic rings. The number of benzene rings is 2. The van der Waals surface area contributed by atoms with Gasteiger partial charge in [0.1, 0.15) is 11.8 Å². The Kier molecular flexibility index (Phi) is 3.48. The molecule has 5 nitrogen and oxygen atoms in total. The molecule has 134 valence electrons. The number of hydrogen-bond donors (Lipinski definition) is 0. The van der Waals surface area contributed by atoms with Crippen molar-refractivity contribution in [3.8, 4) is 11.8 Å². The van der Waals surface area contributed by atoms with Gasteiger partial charge >= 0.3 is 0 Å². The van der Waals surface area contributed by atoms with Crippen molar-refractivity contribution in [1.82, 2.24) is 5.16 Å². The molecule has 27 heavy (non-hydrogen) atoms. The summed E-state index contributed by atoms with van der Waals surface area (Å²) in [6.45, 7) is 2.51. The third-order valence-corrected chi connectivity index (χ3v) is 5.53. The summed E-state index contributed by atoms with van der Waals surface area (Å²) in [5.41, 5.74) is 3.82. The molecule has 0 amide bonds. The van der Waals surface area contributed by atoms with Gasteiger partial charge in [0, 0.05) is 22.8 Å². The summed E-state index contributed by atoms with van der Waals surface area (Å²) in [7, 11) is 0. The van der Waals surface area contributed by atoms with Crippen LogP contribution in [0.3, 0.4) is 0 Å². The predicted molar refractivity (Wildman–Crippen MR) is 101 cm³/mol. The molecule has 1 atom stereocenters. The smallest absolute Gasteiger partial charge is 0.177 e. The first kappa shape index (κ1) is 16.0. The zero-order valence-corrected chi connectivity index (χ0v) is 15.0. The lowest BCUT2D eigenvalue weighted by atomic mass is 9.69. The number of furan rings is 1. The Hall–Kier alpha value is -3.26. The normalized spacial score (nSPS) is 19.1. The van der Waals surface area contributed by atoms with E-state index in [4.69, 9.17) is 13.7 Å². The van der Waals surface area contributed by atoms with Crippen molar-refractivity contribution in [3.63, 3.8) is 0 Å². The van der Waals surface area contributed by atoms with Crippen molar-refractivity contribution >= 4 is 21.9 Å². The maximum Gasteiger partial charge on any atom is 0.177 e. The molecule has 5 heteroatoms. The van der Waals surface area contributed by atoms with Crippen LogP contribution in [0.25, 0.3) is 21.9 Å². The lowest BCUT2D eigenvalue weighted by molar-refractivity contribution is 0.339. The molecule has 0 bridgehead atoms. The summed E-state index contributed by atoms with van der Waals surface area (Å²) in [6, 6.07) is 14.5. The van der Waals surface area contributed by atoms with E-state index in [0.717, 1.165) is 39.6 Å². The molecule has 0 saturated heterocycles. The average molecular weight is 358 g/mol. The average Bonchev–Trinajstić information content (AvgIpc) is 3.32. The number of nitriles is 1. The van der Waals surface area contributed by atoms with E-state index in [1.165, 1.54) is 0 Å². The maximum absolute atomic E-state index is 10.2. The molecule has 2 aromatic heterocycles. The molecule has 0 aliphatic heterocycles. The van der Waals surface area contributed by atoms with E-state index in [9.17, 15) is 5.26 Å². The Morgan fingerprint density at radius 1 is 1.26 bits per heavy atom. The van der Waals surface area contributed by atoms with E-state index in [2.05, 4.69) is 11.2 Å². The van der Waals surface area contributed by atoms with Crippen LogP contribution in [0.2, 0.25) is 0 Å². The number of ether oxygens (including phenoxy) is 1. The van der Waals surface area contributed by atoms with Crippen LogP contribution in [-0.2, 0) is 18.3 Å². The summed E-state index contributed by atoms with van der Waals surface area (Å²) < 4.78 is 17.1. The third kappa shape index (κ3) is 2.26. The molecule has 5 rings (SSSR count). The van der Waals surface area contributed by atoms with Crippen molar-refractivity contribution in [2.24, 2.45) is 0 Å².